The molecule has 1 aliphatic rings. The third kappa shape index (κ3) is 5.03. The number of rotatable bonds is 6. The Hall–Kier alpha value is -3.03. The van der Waals surface area contributed by atoms with Gasteiger partial charge in [0.05, 0.1) is 5.56 Å². The smallest absolute Gasteiger partial charge is 0.352 e. The topological polar surface area (TPSA) is 75.4 Å². The molecule has 0 saturated heterocycles. The lowest BCUT2D eigenvalue weighted by Crippen LogP contribution is -2.32. The lowest BCUT2D eigenvalue weighted by atomic mass is 10.1. The van der Waals surface area contributed by atoms with E-state index in [2.05, 4.69) is 5.32 Å². The molecule has 0 atom stereocenters. The standard InChI is InChI=1S/C20H20F3N3O2/c21-20(22,23)16-7-3-14(4-8-16)12-26(17-9-10-17)18(27)15-5-1-13(2-6-15)11-25-19(24)28/h1-8,17H,9-12H2,(H3,24,25,28). The number of carbonyl (C=O) groups is 2. The van der Waals surface area contributed by atoms with E-state index >= 15 is 0 Å². The van der Waals surface area contributed by atoms with Crippen molar-refractivity contribution in [3.8, 4) is 0 Å². The monoisotopic (exact) mass is 391 g/mol. The molecule has 8 heteroatoms. The molecule has 0 unspecified atom stereocenters. The van der Waals surface area contributed by atoms with Crippen LogP contribution in [0.15, 0.2) is 48.5 Å². The van der Waals surface area contributed by atoms with Gasteiger partial charge in [-0.3, -0.25) is 4.79 Å². The minimum Gasteiger partial charge on any atom is -0.352 e. The Morgan fingerprint density at radius 1 is 1.00 bits per heavy atom. The van der Waals surface area contributed by atoms with Crippen LogP contribution in [0.2, 0.25) is 0 Å². The Morgan fingerprint density at radius 2 is 1.57 bits per heavy atom. The van der Waals surface area contributed by atoms with Gasteiger partial charge in [-0.05, 0) is 48.2 Å². The lowest BCUT2D eigenvalue weighted by molar-refractivity contribution is -0.137. The maximum atomic E-state index is 12.9. The molecule has 2 aromatic rings. The molecule has 1 aliphatic carbocycles. The molecule has 3 amide bonds. The summed E-state index contributed by atoms with van der Waals surface area (Å²) in [6, 6.07) is 11.1. The van der Waals surface area contributed by atoms with E-state index in [4.69, 9.17) is 5.73 Å². The number of nitrogens with zero attached hydrogens (tertiary/aromatic N) is 1. The van der Waals surface area contributed by atoms with Crippen LogP contribution >= 0.6 is 0 Å². The van der Waals surface area contributed by atoms with Crippen molar-refractivity contribution in [2.45, 2.75) is 38.1 Å². The fraction of sp³-hybridized carbons (Fsp3) is 0.300. The normalized spacial score (nSPS) is 13.8. The van der Waals surface area contributed by atoms with Crippen LogP contribution in [0.1, 0.15) is 39.9 Å². The van der Waals surface area contributed by atoms with Crippen molar-refractivity contribution in [1.82, 2.24) is 10.2 Å². The summed E-state index contributed by atoms with van der Waals surface area (Å²) in [7, 11) is 0. The van der Waals surface area contributed by atoms with Gasteiger partial charge in [-0.15, -0.1) is 0 Å². The second-order valence-electron chi connectivity index (χ2n) is 6.77. The lowest BCUT2D eigenvalue weighted by Gasteiger charge is -2.23. The Bertz CT molecular complexity index is 844. The van der Waals surface area contributed by atoms with Crippen molar-refractivity contribution in [3.05, 3.63) is 70.8 Å². The van der Waals surface area contributed by atoms with Gasteiger partial charge in [-0.25, -0.2) is 4.79 Å². The summed E-state index contributed by atoms with van der Waals surface area (Å²) >= 11 is 0. The highest BCUT2D eigenvalue weighted by molar-refractivity contribution is 5.94. The molecule has 3 rings (SSSR count). The van der Waals surface area contributed by atoms with Crippen molar-refractivity contribution in [3.63, 3.8) is 0 Å². The van der Waals surface area contributed by atoms with Gasteiger partial charge in [0.25, 0.3) is 5.91 Å². The van der Waals surface area contributed by atoms with E-state index in [-0.39, 0.29) is 25.0 Å². The summed E-state index contributed by atoms with van der Waals surface area (Å²) in [5.41, 5.74) is 6.26. The summed E-state index contributed by atoms with van der Waals surface area (Å²) in [6.07, 6.45) is -2.62. The van der Waals surface area contributed by atoms with Crippen LogP contribution in [-0.4, -0.2) is 22.9 Å². The van der Waals surface area contributed by atoms with E-state index < -0.39 is 17.8 Å². The van der Waals surface area contributed by atoms with Gasteiger partial charge < -0.3 is 16.0 Å². The average Bonchev–Trinajstić information content (AvgIpc) is 3.49. The number of urea groups is 1. The fourth-order valence-corrected chi connectivity index (χ4v) is 2.87. The average molecular weight is 391 g/mol. The minimum absolute atomic E-state index is 0.103. The molecule has 0 spiro atoms. The first-order valence-electron chi connectivity index (χ1n) is 8.83. The predicted octanol–water partition coefficient (Wildman–Crippen LogP) is 3.68. The summed E-state index contributed by atoms with van der Waals surface area (Å²) in [4.78, 5) is 25.3. The summed E-state index contributed by atoms with van der Waals surface area (Å²) in [5.74, 6) is -0.170. The van der Waals surface area contributed by atoms with Crippen LogP contribution < -0.4 is 11.1 Å². The van der Waals surface area contributed by atoms with Gasteiger partial charge in [0.1, 0.15) is 0 Å². The number of amides is 3. The Balaban J connectivity index is 1.70. The number of hydrogen-bond donors (Lipinski definition) is 2. The van der Waals surface area contributed by atoms with Crippen LogP contribution in [-0.2, 0) is 19.3 Å². The van der Waals surface area contributed by atoms with Gasteiger partial charge >= 0.3 is 12.2 Å². The summed E-state index contributed by atoms with van der Waals surface area (Å²) in [5, 5.41) is 2.47. The van der Waals surface area contributed by atoms with Gasteiger partial charge in [0, 0.05) is 24.7 Å². The molecule has 1 fully saturated rings. The first-order chi connectivity index (χ1) is 13.2. The third-order valence-corrected chi connectivity index (χ3v) is 4.55. The van der Waals surface area contributed by atoms with E-state index in [0.29, 0.717) is 11.1 Å². The number of nitrogens with two attached hydrogens (primary N) is 1. The van der Waals surface area contributed by atoms with Gasteiger partial charge in [-0.2, -0.15) is 13.2 Å². The van der Waals surface area contributed by atoms with Gasteiger partial charge in [-0.1, -0.05) is 24.3 Å². The Morgan fingerprint density at radius 3 is 2.07 bits per heavy atom. The fourth-order valence-electron chi connectivity index (χ4n) is 2.87. The van der Waals surface area contributed by atoms with Gasteiger partial charge in [0.15, 0.2) is 0 Å². The second kappa shape index (κ2) is 7.92. The zero-order valence-corrected chi connectivity index (χ0v) is 15.0. The van der Waals surface area contributed by atoms with Crippen LogP contribution in [0.4, 0.5) is 18.0 Å². The SMILES string of the molecule is NC(=O)NCc1ccc(C(=O)N(Cc2ccc(C(F)(F)F)cc2)C2CC2)cc1. The van der Waals surface area contributed by atoms with Crippen molar-refractivity contribution in [2.75, 3.05) is 0 Å². The first kappa shape index (κ1) is 19.7. The number of nitrogens with one attached hydrogen (secondary N) is 1. The van der Waals surface area contributed by atoms with Crippen molar-refractivity contribution < 1.29 is 22.8 Å². The summed E-state index contributed by atoms with van der Waals surface area (Å²) < 4.78 is 38.1. The van der Waals surface area contributed by atoms with Crippen molar-refractivity contribution in [2.24, 2.45) is 5.73 Å². The molecule has 5 nitrogen and oxygen atoms in total. The molecular formula is C20H20F3N3O2. The van der Waals surface area contributed by atoms with E-state index in [9.17, 15) is 22.8 Å². The molecule has 0 bridgehead atoms. The van der Waals surface area contributed by atoms with Crippen molar-refractivity contribution >= 4 is 11.9 Å². The van der Waals surface area contributed by atoms with Crippen LogP contribution in [0.25, 0.3) is 0 Å². The third-order valence-electron chi connectivity index (χ3n) is 4.55. The predicted molar refractivity (Wildman–Crippen MR) is 97.2 cm³/mol. The molecule has 3 N–H and O–H groups in total. The minimum atomic E-state index is -4.38. The van der Waals surface area contributed by atoms with E-state index in [1.165, 1.54) is 12.1 Å². The molecule has 1 saturated carbocycles. The quantitative estimate of drug-likeness (QED) is 0.788. The highest BCUT2D eigenvalue weighted by Gasteiger charge is 2.34. The summed E-state index contributed by atoms with van der Waals surface area (Å²) in [6.45, 7) is 0.522. The maximum Gasteiger partial charge on any atom is 0.416 e. The molecule has 0 aliphatic heterocycles. The molecule has 148 valence electrons. The van der Waals surface area contributed by atoms with E-state index in [0.717, 1.165) is 30.5 Å². The number of hydrogen-bond acceptors (Lipinski definition) is 2. The number of primary amides is 1. The zero-order valence-electron chi connectivity index (χ0n) is 15.0. The second-order valence-corrected chi connectivity index (χ2v) is 6.77. The Kier molecular flexibility index (Phi) is 5.58. The van der Waals surface area contributed by atoms with Crippen LogP contribution in [0.3, 0.4) is 0 Å². The maximum absolute atomic E-state index is 12.9. The molecule has 2 aromatic carbocycles. The van der Waals surface area contributed by atoms with Crippen molar-refractivity contribution in [1.29, 1.82) is 0 Å². The van der Waals surface area contributed by atoms with Gasteiger partial charge in [0.2, 0.25) is 0 Å². The molecule has 0 radical (unpaired) electrons. The largest absolute Gasteiger partial charge is 0.416 e. The van der Waals surface area contributed by atoms with Crippen LogP contribution in [0.5, 0.6) is 0 Å². The number of halogens is 3. The zero-order chi connectivity index (χ0) is 20.3. The van der Waals surface area contributed by atoms with E-state index in [1.807, 2.05) is 0 Å². The van der Waals surface area contributed by atoms with Crippen LogP contribution in [0, 0.1) is 0 Å². The number of alkyl halides is 3. The number of carbonyl (C=O) groups excluding carboxylic acids is 2. The number of benzene rings is 2. The first-order valence-corrected chi connectivity index (χ1v) is 8.83. The highest BCUT2D eigenvalue weighted by Crippen LogP contribution is 2.32. The molecule has 0 aromatic heterocycles. The molecular weight excluding hydrogens is 371 g/mol. The molecule has 0 heterocycles. The van der Waals surface area contributed by atoms with E-state index in [1.54, 1.807) is 29.2 Å². The highest BCUT2D eigenvalue weighted by atomic mass is 19.4. The Labute approximate surface area is 160 Å². The molecule has 28 heavy (non-hydrogen) atoms.